The van der Waals surface area contributed by atoms with Crippen molar-refractivity contribution in [2.75, 3.05) is 20.1 Å². The van der Waals surface area contributed by atoms with Crippen molar-refractivity contribution in [2.24, 2.45) is 5.92 Å². The van der Waals surface area contributed by atoms with E-state index >= 15 is 0 Å². The minimum Gasteiger partial charge on any atom is -0.306 e. The molecule has 1 aliphatic heterocycles. The van der Waals surface area contributed by atoms with Crippen LogP contribution in [0.2, 0.25) is 0 Å². The molecule has 4 rings (SSSR count). The molecule has 4 heterocycles. The van der Waals surface area contributed by atoms with Gasteiger partial charge in [0, 0.05) is 46.8 Å². The zero-order valence-corrected chi connectivity index (χ0v) is 15.0. The van der Waals surface area contributed by atoms with Crippen LogP contribution >= 0.6 is 11.5 Å². The molecule has 3 aromatic heterocycles. The molecule has 0 N–H and O–H groups in total. The summed E-state index contributed by atoms with van der Waals surface area (Å²) in [7, 11) is 2.11. The zero-order chi connectivity index (χ0) is 17.2. The maximum atomic E-state index is 12.6. The van der Waals surface area contributed by atoms with Crippen LogP contribution in [-0.2, 0) is 11.2 Å². The number of carbonyl (C=O) groups excluding carboxylic acids is 1. The van der Waals surface area contributed by atoms with E-state index in [1.165, 1.54) is 11.5 Å². The molecule has 0 aromatic carbocycles. The molecular formula is C19H20N4OS. The Morgan fingerprint density at radius 3 is 2.72 bits per heavy atom. The number of rotatable bonds is 4. The minimum absolute atomic E-state index is 0.179. The highest BCUT2D eigenvalue weighted by Gasteiger charge is 2.23. The minimum atomic E-state index is 0.179. The first-order valence-electron chi connectivity index (χ1n) is 8.55. The molecule has 0 amide bonds. The summed E-state index contributed by atoms with van der Waals surface area (Å²) in [6.45, 7) is 2.01. The molecule has 0 bridgehead atoms. The number of ketones is 1. The first kappa shape index (κ1) is 16.3. The average Bonchev–Trinajstić information content (AvgIpc) is 3.16. The first-order chi connectivity index (χ1) is 12.2. The third-order valence-corrected chi connectivity index (χ3v) is 5.50. The second-order valence-electron chi connectivity index (χ2n) is 6.73. The third-order valence-electron chi connectivity index (χ3n) is 4.92. The van der Waals surface area contributed by atoms with E-state index in [-0.39, 0.29) is 5.92 Å². The van der Waals surface area contributed by atoms with E-state index in [1.54, 1.807) is 0 Å². The van der Waals surface area contributed by atoms with Gasteiger partial charge in [-0.25, -0.2) is 4.37 Å². The Morgan fingerprint density at radius 1 is 1.16 bits per heavy atom. The maximum absolute atomic E-state index is 12.6. The monoisotopic (exact) mass is 352 g/mol. The van der Waals surface area contributed by atoms with Crippen molar-refractivity contribution in [3.8, 4) is 11.3 Å². The highest BCUT2D eigenvalue weighted by Crippen LogP contribution is 2.24. The zero-order valence-electron chi connectivity index (χ0n) is 14.2. The average molecular weight is 352 g/mol. The molecule has 128 valence electrons. The Hall–Kier alpha value is -2.18. The molecule has 0 aliphatic carbocycles. The number of aromatic nitrogens is 3. The van der Waals surface area contributed by atoms with Gasteiger partial charge in [0.25, 0.3) is 0 Å². The normalized spacial score (nSPS) is 16.4. The van der Waals surface area contributed by atoms with Gasteiger partial charge in [-0.3, -0.25) is 14.8 Å². The van der Waals surface area contributed by atoms with Crippen LogP contribution in [0.5, 0.6) is 0 Å². The van der Waals surface area contributed by atoms with E-state index < -0.39 is 0 Å². The van der Waals surface area contributed by atoms with Crippen LogP contribution in [0, 0.1) is 5.92 Å². The second-order valence-corrected chi connectivity index (χ2v) is 7.38. The van der Waals surface area contributed by atoms with Gasteiger partial charge in [0.1, 0.15) is 5.78 Å². The summed E-state index contributed by atoms with van der Waals surface area (Å²) in [6, 6.07) is 4.07. The summed E-state index contributed by atoms with van der Waals surface area (Å²) in [6.07, 6.45) is 7.81. The van der Waals surface area contributed by atoms with E-state index in [0.29, 0.717) is 12.2 Å². The van der Waals surface area contributed by atoms with Crippen molar-refractivity contribution in [3.63, 3.8) is 0 Å². The lowest BCUT2D eigenvalue weighted by molar-refractivity contribution is -0.123. The van der Waals surface area contributed by atoms with Crippen LogP contribution in [0.4, 0.5) is 0 Å². The number of nitrogens with zero attached hydrogens (tertiary/aromatic N) is 4. The van der Waals surface area contributed by atoms with Gasteiger partial charge < -0.3 is 4.90 Å². The summed E-state index contributed by atoms with van der Waals surface area (Å²) in [5, 5.41) is 4.04. The molecule has 1 aliphatic rings. The van der Waals surface area contributed by atoms with E-state index in [0.717, 1.165) is 53.7 Å². The molecular weight excluding hydrogens is 332 g/mol. The predicted molar refractivity (Wildman–Crippen MR) is 99.6 cm³/mol. The molecule has 0 atom stereocenters. The highest BCUT2D eigenvalue weighted by atomic mass is 32.1. The number of likely N-dealkylation sites (tertiary alicyclic amines) is 1. The fraction of sp³-hybridized carbons (Fsp3) is 0.368. The number of piperidine rings is 1. The quantitative estimate of drug-likeness (QED) is 0.722. The number of fused-ring (bicyclic) bond motifs is 1. The van der Waals surface area contributed by atoms with E-state index in [1.807, 2.05) is 36.1 Å². The number of pyridine rings is 2. The van der Waals surface area contributed by atoms with Gasteiger partial charge in [0.2, 0.25) is 0 Å². The maximum Gasteiger partial charge on any atom is 0.142 e. The van der Waals surface area contributed by atoms with Crippen LogP contribution in [0.3, 0.4) is 0 Å². The molecule has 0 saturated carbocycles. The largest absolute Gasteiger partial charge is 0.306 e. The first-order valence-corrected chi connectivity index (χ1v) is 9.38. The molecule has 0 spiro atoms. The van der Waals surface area contributed by atoms with Gasteiger partial charge in [0.15, 0.2) is 0 Å². The van der Waals surface area contributed by atoms with Crippen LogP contribution < -0.4 is 0 Å². The van der Waals surface area contributed by atoms with Crippen LogP contribution in [-0.4, -0.2) is 45.2 Å². The Morgan fingerprint density at radius 2 is 1.96 bits per heavy atom. The van der Waals surface area contributed by atoms with Gasteiger partial charge in [0.05, 0.1) is 11.9 Å². The Labute approximate surface area is 150 Å². The lowest BCUT2D eigenvalue weighted by atomic mass is 9.90. The van der Waals surface area contributed by atoms with Crippen molar-refractivity contribution in [1.82, 2.24) is 19.2 Å². The summed E-state index contributed by atoms with van der Waals surface area (Å²) in [4.78, 5) is 23.8. The Bertz CT molecular complexity index is 886. The highest BCUT2D eigenvalue weighted by molar-refractivity contribution is 7.03. The molecule has 0 unspecified atom stereocenters. The lowest BCUT2D eigenvalue weighted by Crippen LogP contribution is -2.34. The fourth-order valence-electron chi connectivity index (χ4n) is 3.32. The molecule has 1 fully saturated rings. The molecule has 5 nitrogen and oxygen atoms in total. The number of carbonyl (C=O) groups is 1. The number of hydrogen-bond acceptors (Lipinski definition) is 6. The van der Waals surface area contributed by atoms with Crippen LogP contribution in [0.25, 0.3) is 22.0 Å². The Balaban J connectivity index is 1.54. The second kappa shape index (κ2) is 6.98. The van der Waals surface area contributed by atoms with Gasteiger partial charge in [-0.2, -0.15) is 0 Å². The van der Waals surface area contributed by atoms with Crippen molar-refractivity contribution in [3.05, 3.63) is 41.8 Å². The van der Waals surface area contributed by atoms with Crippen LogP contribution in [0.1, 0.15) is 18.5 Å². The van der Waals surface area contributed by atoms with E-state index in [4.69, 9.17) is 0 Å². The SMILES string of the molecule is CN1CCC(C(=O)Cc2cc3cc(-c4cnsc4)ncc3cn2)CC1. The molecule has 3 aromatic rings. The lowest BCUT2D eigenvalue weighted by Gasteiger charge is -2.27. The van der Waals surface area contributed by atoms with E-state index in [2.05, 4.69) is 26.3 Å². The smallest absolute Gasteiger partial charge is 0.142 e. The number of Topliss-reactive ketones (excluding diaryl/α,β-unsaturated/α-hetero) is 1. The van der Waals surface area contributed by atoms with Gasteiger partial charge in [-0.05, 0) is 62.0 Å². The number of hydrogen-bond donors (Lipinski definition) is 0. The predicted octanol–water partition coefficient (Wildman–Crippen LogP) is 3.21. The van der Waals surface area contributed by atoms with Crippen LogP contribution in [0.15, 0.2) is 36.1 Å². The molecule has 1 saturated heterocycles. The van der Waals surface area contributed by atoms with Crippen molar-refractivity contribution < 1.29 is 4.79 Å². The summed E-state index contributed by atoms with van der Waals surface area (Å²) in [5.41, 5.74) is 2.77. The fourth-order valence-corrected chi connectivity index (χ4v) is 3.85. The molecule has 0 radical (unpaired) electrons. The van der Waals surface area contributed by atoms with Crippen molar-refractivity contribution in [2.45, 2.75) is 19.3 Å². The standard InChI is InChI=1S/C19H20N4OS/c1-23-4-2-13(3-5-23)19(24)8-17-6-14-7-18(16-11-22-25-12-16)21-10-15(14)9-20-17/h6-7,9-13H,2-5,8H2,1H3. The van der Waals surface area contributed by atoms with Gasteiger partial charge in [-0.1, -0.05) is 0 Å². The molecule has 25 heavy (non-hydrogen) atoms. The van der Waals surface area contributed by atoms with E-state index in [9.17, 15) is 4.79 Å². The van der Waals surface area contributed by atoms with Gasteiger partial charge >= 0.3 is 0 Å². The Kier molecular flexibility index (Phi) is 4.55. The van der Waals surface area contributed by atoms with Gasteiger partial charge in [-0.15, -0.1) is 0 Å². The topological polar surface area (TPSA) is 59.0 Å². The van der Waals surface area contributed by atoms with Crippen molar-refractivity contribution >= 4 is 28.1 Å². The van der Waals surface area contributed by atoms with Crippen molar-refractivity contribution in [1.29, 1.82) is 0 Å². The summed E-state index contributed by atoms with van der Waals surface area (Å²) >= 11 is 1.42. The summed E-state index contributed by atoms with van der Waals surface area (Å²) < 4.78 is 4.13. The molecule has 6 heteroatoms. The third kappa shape index (κ3) is 3.60. The summed E-state index contributed by atoms with van der Waals surface area (Å²) in [5.74, 6) is 0.495.